The van der Waals surface area contributed by atoms with Crippen LogP contribution in [0.5, 0.6) is 0 Å². The minimum Gasteiger partial charge on any atom is -0.455 e. The van der Waals surface area contributed by atoms with Crippen molar-refractivity contribution in [1.82, 2.24) is 0 Å². The Balaban J connectivity index is 2.01. The molecule has 0 unspecified atom stereocenters. The number of furan rings is 1. The number of fused-ring (bicyclic) bond motifs is 3. The number of anilines is 1. The lowest BCUT2D eigenvalue weighted by Crippen LogP contribution is -2.05. The average Bonchev–Trinajstić information content (AvgIpc) is 2.99. The van der Waals surface area contributed by atoms with Gasteiger partial charge in [0.25, 0.3) is 0 Å². The van der Waals surface area contributed by atoms with E-state index in [-0.39, 0.29) is 11.6 Å². The van der Waals surface area contributed by atoms with Gasteiger partial charge in [0.15, 0.2) is 11.6 Å². The maximum Gasteiger partial charge on any atom is 0.198 e. The molecule has 0 radical (unpaired) electrons. The number of hydrogen-bond acceptors (Lipinski definition) is 4. The summed E-state index contributed by atoms with van der Waals surface area (Å²) >= 11 is 0. The number of hydrogen-bond donors (Lipinski definition) is 1. The summed E-state index contributed by atoms with van der Waals surface area (Å²) in [6, 6.07) is 17.7. The van der Waals surface area contributed by atoms with E-state index in [2.05, 4.69) is 0 Å². The Morgan fingerprint density at radius 3 is 2.36 bits per heavy atom. The quantitative estimate of drug-likeness (QED) is 0.440. The molecule has 4 heteroatoms. The van der Waals surface area contributed by atoms with Crippen LogP contribution in [0, 0.1) is 0 Å². The lowest BCUT2D eigenvalue weighted by Gasteiger charge is -2.05. The molecule has 0 aliphatic rings. The SMILES string of the molecule is CC(=O)c1ccc2oc3c(C(=O)c4ccccc4)c(N)ccc3c2c1. The van der Waals surface area contributed by atoms with Crippen LogP contribution in [0.15, 0.2) is 65.1 Å². The topological polar surface area (TPSA) is 73.3 Å². The molecule has 4 nitrogen and oxygen atoms in total. The van der Waals surface area contributed by atoms with Crippen molar-refractivity contribution in [2.24, 2.45) is 0 Å². The highest BCUT2D eigenvalue weighted by atomic mass is 16.3. The van der Waals surface area contributed by atoms with E-state index in [0.29, 0.717) is 33.5 Å². The van der Waals surface area contributed by atoms with Gasteiger partial charge in [-0.15, -0.1) is 0 Å². The van der Waals surface area contributed by atoms with Crippen molar-refractivity contribution >= 4 is 39.2 Å². The fourth-order valence-electron chi connectivity index (χ4n) is 3.04. The largest absolute Gasteiger partial charge is 0.455 e. The predicted octanol–water partition coefficient (Wildman–Crippen LogP) is 4.60. The Hall–Kier alpha value is -3.40. The lowest BCUT2D eigenvalue weighted by atomic mass is 9.98. The summed E-state index contributed by atoms with van der Waals surface area (Å²) in [5.74, 6) is -0.207. The Morgan fingerprint density at radius 2 is 1.64 bits per heavy atom. The maximum absolute atomic E-state index is 12.9. The third-order valence-corrected chi connectivity index (χ3v) is 4.34. The number of Topliss-reactive ketones (excluding diaryl/α,β-unsaturated/α-hetero) is 1. The summed E-state index contributed by atoms with van der Waals surface area (Å²) in [5.41, 5.74) is 9.02. The second kappa shape index (κ2) is 5.60. The minimum atomic E-state index is -0.186. The highest BCUT2D eigenvalue weighted by Gasteiger charge is 2.20. The molecule has 0 atom stereocenters. The molecular formula is C21H15NO3. The molecule has 3 aromatic carbocycles. The molecule has 4 aromatic rings. The van der Waals surface area contributed by atoms with Crippen molar-refractivity contribution in [3.8, 4) is 0 Å². The molecule has 25 heavy (non-hydrogen) atoms. The molecule has 0 amide bonds. The number of nitrogens with two attached hydrogens (primary N) is 1. The molecule has 2 N–H and O–H groups in total. The van der Waals surface area contributed by atoms with Gasteiger partial charge in [-0.2, -0.15) is 0 Å². The highest BCUT2D eigenvalue weighted by molar-refractivity contribution is 6.22. The van der Waals surface area contributed by atoms with Gasteiger partial charge in [-0.1, -0.05) is 30.3 Å². The van der Waals surface area contributed by atoms with Gasteiger partial charge in [0, 0.05) is 27.6 Å². The van der Waals surface area contributed by atoms with Gasteiger partial charge in [0.2, 0.25) is 0 Å². The van der Waals surface area contributed by atoms with Crippen LogP contribution in [-0.2, 0) is 0 Å². The van der Waals surface area contributed by atoms with Crippen molar-refractivity contribution in [2.45, 2.75) is 6.92 Å². The van der Waals surface area contributed by atoms with Crippen LogP contribution in [0.3, 0.4) is 0 Å². The van der Waals surface area contributed by atoms with E-state index in [9.17, 15) is 9.59 Å². The Kier molecular flexibility index (Phi) is 3.39. The smallest absolute Gasteiger partial charge is 0.198 e. The summed E-state index contributed by atoms with van der Waals surface area (Å²) in [7, 11) is 0. The number of nitrogen functional groups attached to an aromatic ring is 1. The van der Waals surface area contributed by atoms with Crippen LogP contribution in [0.1, 0.15) is 33.2 Å². The van der Waals surface area contributed by atoms with E-state index >= 15 is 0 Å². The Labute approximate surface area is 143 Å². The second-order valence-electron chi connectivity index (χ2n) is 5.97. The number of carbonyl (C=O) groups excluding carboxylic acids is 2. The molecule has 4 rings (SSSR count). The molecule has 122 valence electrons. The minimum absolute atomic E-state index is 0.0210. The molecule has 0 saturated heterocycles. The number of carbonyl (C=O) groups is 2. The first-order chi connectivity index (χ1) is 12.1. The molecule has 0 fully saturated rings. The monoisotopic (exact) mass is 329 g/mol. The third kappa shape index (κ3) is 2.39. The standard InChI is InChI=1S/C21H15NO3/c1-12(23)14-7-10-18-16(11-14)15-8-9-17(22)19(21(15)25-18)20(24)13-5-3-2-4-6-13/h2-11H,22H2,1H3. The molecule has 0 aliphatic heterocycles. The lowest BCUT2D eigenvalue weighted by molar-refractivity contribution is 0.101. The zero-order valence-corrected chi connectivity index (χ0v) is 13.6. The Morgan fingerprint density at radius 1 is 0.880 bits per heavy atom. The van der Waals surface area contributed by atoms with Crippen molar-refractivity contribution < 1.29 is 14.0 Å². The van der Waals surface area contributed by atoms with E-state index in [1.165, 1.54) is 6.92 Å². The van der Waals surface area contributed by atoms with Gasteiger partial charge in [-0.3, -0.25) is 9.59 Å². The van der Waals surface area contributed by atoms with Gasteiger partial charge in [0.05, 0.1) is 5.56 Å². The molecule has 1 heterocycles. The summed E-state index contributed by atoms with van der Waals surface area (Å²) in [6.45, 7) is 1.52. The third-order valence-electron chi connectivity index (χ3n) is 4.34. The van der Waals surface area contributed by atoms with Gasteiger partial charge in [-0.05, 0) is 37.3 Å². The van der Waals surface area contributed by atoms with E-state index < -0.39 is 0 Å². The first-order valence-corrected chi connectivity index (χ1v) is 7.91. The first-order valence-electron chi connectivity index (χ1n) is 7.91. The maximum atomic E-state index is 12.9. The number of rotatable bonds is 3. The van der Waals surface area contributed by atoms with E-state index in [1.807, 2.05) is 12.1 Å². The van der Waals surface area contributed by atoms with Gasteiger partial charge < -0.3 is 10.2 Å². The predicted molar refractivity (Wildman–Crippen MR) is 98.0 cm³/mol. The normalized spacial score (nSPS) is 11.1. The molecule has 1 aromatic heterocycles. The fraction of sp³-hybridized carbons (Fsp3) is 0.0476. The van der Waals surface area contributed by atoms with Gasteiger partial charge >= 0.3 is 0 Å². The highest BCUT2D eigenvalue weighted by Crippen LogP contribution is 2.35. The van der Waals surface area contributed by atoms with E-state index in [1.54, 1.807) is 48.5 Å². The van der Waals surface area contributed by atoms with Crippen molar-refractivity contribution in [3.05, 3.63) is 77.4 Å². The summed E-state index contributed by atoms with van der Waals surface area (Å²) in [4.78, 5) is 24.6. The summed E-state index contributed by atoms with van der Waals surface area (Å²) < 4.78 is 5.93. The summed E-state index contributed by atoms with van der Waals surface area (Å²) in [5, 5.41) is 1.57. The van der Waals surface area contributed by atoms with Crippen molar-refractivity contribution in [2.75, 3.05) is 5.73 Å². The van der Waals surface area contributed by atoms with Crippen LogP contribution in [0.25, 0.3) is 21.9 Å². The average molecular weight is 329 g/mol. The van der Waals surface area contributed by atoms with Gasteiger partial charge in [0.1, 0.15) is 11.2 Å². The van der Waals surface area contributed by atoms with Crippen LogP contribution >= 0.6 is 0 Å². The van der Waals surface area contributed by atoms with Crippen molar-refractivity contribution in [3.63, 3.8) is 0 Å². The van der Waals surface area contributed by atoms with E-state index in [4.69, 9.17) is 10.2 Å². The van der Waals surface area contributed by atoms with Crippen molar-refractivity contribution in [1.29, 1.82) is 0 Å². The first kappa shape index (κ1) is 15.1. The zero-order valence-electron chi connectivity index (χ0n) is 13.6. The van der Waals surface area contributed by atoms with Crippen LogP contribution in [0.2, 0.25) is 0 Å². The summed E-state index contributed by atoms with van der Waals surface area (Å²) in [6.07, 6.45) is 0. The number of benzene rings is 3. The van der Waals surface area contributed by atoms with Crippen LogP contribution in [-0.4, -0.2) is 11.6 Å². The fourth-order valence-corrected chi connectivity index (χ4v) is 3.04. The Bertz CT molecular complexity index is 1140. The molecule has 0 saturated carbocycles. The second-order valence-corrected chi connectivity index (χ2v) is 5.97. The molecule has 0 spiro atoms. The number of ketones is 2. The molecule has 0 aliphatic carbocycles. The zero-order chi connectivity index (χ0) is 17.6. The van der Waals surface area contributed by atoms with Crippen LogP contribution < -0.4 is 5.73 Å². The van der Waals surface area contributed by atoms with Gasteiger partial charge in [-0.25, -0.2) is 0 Å². The molecular weight excluding hydrogens is 314 g/mol. The van der Waals surface area contributed by atoms with E-state index in [0.717, 1.165) is 10.8 Å². The van der Waals surface area contributed by atoms with Crippen LogP contribution in [0.4, 0.5) is 5.69 Å². The molecule has 0 bridgehead atoms.